The molecule has 0 radical (unpaired) electrons. The van der Waals surface area contributed by atoms with Gasteiger partial charge in [-0.2, -0.15) is 0 Å². The van der Waals surface area contributed by atoms with Gasteiger partial charge in [0.15, 0.2) is 0 Å². The maximum Gasteiger partial charge on any atom is 0.305 e. The number of hydrogen-bond acceptors (Lipinski definition) is 4. The van der Waals surface area contributed by atoms with E-state index in [1.54, 1.807) is 6.20 Å². The van der Waals surface area contributed by atoms with Gasteiger partial charge in [-0.25, -0.2) is 4.98 Å². The van der Waals surface area contributed by atoms with Crippen molar-refractivity contribution in [2.75, 3.05) is 7.11 Å². The lowest BCUT2D eigenvalue weighted by molar-refractivity contribution is -0.140. The number of rotatable bonds is 4. The van der Waals surface area contributed by atoms with Gasteiger partial charge in [0.2, 0.25) is 0 Å². The molecule has 0 bridgehead atoms. The first kappa shape index (κ1) is 11.6. The molecule has 5 nitrogen and oxygen atoms in total. The Morgan fingerprint density at radius 1 is 1.65 bits per heavy atom. The highest BCUT2D eigenvalue weighted by atomic mass is 16.5. The van der Waals surface area contributed by atoms with E-state index in [0.717, 1.165) is 16.6 Å². The average Bonchev–Trinajstić information content (AvgIpc) is 2.79. The summed E-state index contributed by atoms with van der Waals surface area (Å²) in [5.74, 6) is -0.238. The molecule has 0 aliphatic heterocycles. The van der Waals surface area contributed by atoms with Crippen LogP contribution in [0.1, 0.15) is 24.4 Å². The number of fused-ring (bicyclic) bond motifs is 1. The minimum atomic E-state index is -0.238. The molecule has 0 saturated heterocycles. The molecule has 0 fully saturated rings. The minimum absolute atomic E-state index is 0.188. The van der Waals surface area contributed by atoms with Gasteiger partial charge in [-0.1, -0.05) is 0 Å². The number of carbonyl (C=O) groups is 1. The van der Waals surface area contributed by atoms with Crippen molar-refractivity contribution in [2.45, 2.75) is 18.9 Å². The van der Waals surface area contributed by atoms with E-state index in [1.165, 1.54) is 7.11 Å². The highest BCUT2D eigenvalue weighted by Gasteiger charge is 2.13. The third-order valence-corrected chi connectivity index (χ3v) is 2.77. The van der Waals surface area contributed by atoms with Gasteiger partial charge in [0.1, 0.15) is 5.65 Å². The molecule has 2 aromatic rings. The van der Waals surface area contributed by atoms with E-state index in [-0.39, 0.29) is 12.0 Å². The fourth-order valence-corrected chi connectivity index (χ4v) is 1.81. The standard InChI is InChI=1S/C12H15N3O2/c1-17-11(16)5-4-10(13)9-7-15-12-8(9)3-2-6-14-12/h2-3,6-7,10H,4-5,13H2,1H3,(H,14,15). The second-order valence-electron chi connectivity index (χ2n) is 3.86. The zero-order valence-electron chi connectivity index (χ0n) is 9.64. The molecule has 90 valence electrons. The predicted octanol–water partition coefficient (Wildman–Crippen LogP) is 1.52. The van der Waals surface area contributed by atoms with E-state index >= 15 is 0 Å². The fraction of sp³-hybridized carbons (Fsp3) is 0.333. The molecule has 0 aliphatic rings. The molecular formula is C12H15N3O2. The highest BCUT2D eigenvalue weighted by molar-refractivity contribution is 5.80. The Labute approximate surface area is 99.0 Å². The van der Waals surface area contributed by atoms with Crippen LogP contribution < -0.4 is 5.73 Å². The van der Waals surface area contributed by atoms with Crippen LogP contribution >= 0.6 is 0 Å². The zero-order valence-corrected chi connectivity index (χ0v) is 9.64. The number of aromatic amines is 1. The normalized spacial score (nSPS) is 12.6. The van der Waals surface area contributed by atoms with Crippen LogP contribution in [-0.2, 0) is 9.53 Å². The number of nitrogens with one attached hydrogen (secondary N) is 1. The maximum absolute atomic E-state index is 11.1. The van der Waals surface area contributed by atoms with Gasteiger partial charge in [0.25, 0.3) is 0 Å². The lowest BCUT2D eigenvalue weighted by Crippen LogP contribution is -2.12. The van der Waals surface area contributed by atoms with Crippen molar-refractivity contribution in [3.63, 3.8) is 0 Å². The Bertz CT molecular complexity index is 521. The van der Waals surface area contributed by atoms with Crippen LogP contribution in [0.2, 0.25) is 0 Å². The SMILES string of the molecule is COC(=O)CCC(N)c1c[nH]c2ncccc12. The summed E-state index contributed by atoms with van der Waals surface area (Å²) in [6.45, 7) is 0. The number of hydrogen-bond donors (Lipinski definition) is 2. The molecule has 17 heavy (non-hydrogen) atoms. The van der Waals surface area contributed by atoms with Crippen LogP contribution in [0.25, 0.3) is 11.0 Å². The molecule has 2 heterocycles. The summed E-state index contributed by atoms with van der Waals surface area (Å²) in [5, 5.41) is 1.00. The van der Waals surface area contributed by atoms with E-state index in [2.05, 4.69) is 14.7 Å². The van der Waals surface area contributed by atoms with Gasteiger partial charge in [0, 0.05) is 30.2 Å². The van der Waals surface area contributed by atoms with E-state index in [9.17, 15) is 4.79 Å². The molecule has 0 spiro atoms. The van der Waals surface area contributed by atoms with Gasteiger partial charge in [0.05, 0.1) is 7.11 Å². The molecule has 3 N–H and O–H groups in total. The van der Waals surface area contributed by atoms with Crippen LogP contribution in [-0.4, -0.2) is 23.0 Å². The van der Waals surface area contributed by atoms with Crippen LogP contribution in [0.3, 0.4) is 0 Å². The van der Waals surface area contributed by atoms with Crippen LogP contribution in [0.5, 0.6) is 0 Å². The van der Waals surface area contributed by atoms with Crippen LogP contribution in [0.15, 0.2) is 24.5 Å². The van der Waals surface area contributed by atoms with Crippen molar-refractivity contribution >= 4 is 17.0 Å². The van der Waals surface area contributed by atoms with Gasteiger partial charge in [-0.05, 0) is 24.1 Å². The number of ether oxygens (including phenoxy) is 1. The molecule has 1 atom stereocenters. The Hall–Kier alpha value is -1.88. The topological polar surface area (TPSA) is 81.0 Å². The number of H-pyrrole nitrogens is 1. The van der Waals surface area contributed by atoms with E-state index < -0.39 is 0 Å². The third-order valence-electron chi connectivity index (χ3n) is 2.77. The Morgan fingerprint density at radius 2 is 2.47 bits per heavy atom. The van der Waals surface area contributed by atoms with Crippen molar-refractivity contribution in [3.8, 4) is 0 Å². The van der Waals surface area contributed by atoms with Gasteiger partial charge in [-0.3, -0.25) is 4.79 Å². The second kappa shape index (κ2) is 4.97. The number of pyridine rings is 1. The number of methoxy groups -OCH3 is 1. The van der Waals surface area contributed by atoms with Crippen molar-refractivity contribution in [3.05, 3.63) is 30.1 Å². The molecule has 0 amide bonds. The van der Waals surface area contributed by atoms with Crippen LogP contribution in [0, 0.1) is 0 Å². The Balaban J connectivity index is 2.13. The molecule has 1 unspecified atom stereocenters. The van der Waals surface area contributed by atoms with Crippen molar-refractivity contribution < 1.29 is 9.53 Å². The second-order valence-corrected chi connectivity index (χ2v) is 3.86. The lowest BCUT2D eigenvalue weighted by atomic mass is 10.0. The third kappa shape index (κ3) is 2.45. The van der Waals surface area contributed by atoms with Crippen molar-refractivity contribution in [1.29, 1.82) is 0 Å². The summed E-state index contributed by atoms with van der Waals surface area (Å²) in [5.41, 5.74) is 7.85. The smallest absolute Gasteiger partial charge is 0.305 e. The Morgan fingerprint density at radius 3 is 3.24 bits per heavy atom. The molecule has 2 aromatic heterocycles. The maximum atomic E-state index is 11.1. The molecule has 0 saturated carbocycles. The van der Waals surface area contributed by atoms with E-state index in [4.69, 9.17) is 5.73 Å². The summed E-state index contributed by atoms with van der Waals surface area (Å²) in [6, 6.07) is 3.64. The Kier molecular flexibility index (Phi) is 3.39. The number of aromatic nitrogens is 2. The fourth-order valence-electron chi connectivity index (χ4n) is 1.81. The summed E-state index contributed by atoms with van der Waals surface area (Å²) < 4.78 is 4.59. The van der Waals surface area contributed by atoms with Gasteiger partial charge < -0.3 is 15.5 Å². The first-order valence-electron chi connectivity index (χ1n) is 5.46. The zero-order chi connectivity index (χ0) is 12.3. The number of nitrogens with zero attached hydrogens (tertiary/aromatic N) is 1. The number of nitrogens with two attached hydrogens (primary N) is 1. The molecule has 0 aromatic carbocycles. The first-order chi connectivity index (χ1) is 8.22. The van der Waals surface area contributed by atoms with Crippen molar-refractivity contribution in [2.24, 2.45) is 5.73 Å². The molecular weight excluding hydrogens is 218 g/mol. The quantitative estimate of drug-likeness (QED) is 0.784. The largest absolute Gasteiger partial charge is 0.469 e. The average molecular weight is 233 g/mol. The summed E-state index contributed by atoms with van der Waals surface area (Å²) in [6.07, 6.45) is 4.46. The predicted molar refractivity (Wildman–Crippen MR) is 64.3 cm³/mol. The van der Waals surface area contributed by atoms with Gasteiger partial charge >= 0.3 is 5.97 Å². The first-order valence-corrected chi connectivity index (χ1v) is 5.46. The summed E-state index contributed by atoms with van der Waals surface area (Å²) in [4.78, 5) is 18.3. The van der Waals surface area contributed by atoms with Crippen LogP contribution in [0.4, 0.5) is 0 Å². The monoisotopic (exact) mass is 233 g/mol. The van der Waals surface area contributed by atoms with E-state index in [1.807, 2.05) is 18.3 Å². The lowest BCUT2D eigenvalue weighted by Gasteiger charge is -2.09. The van der Waals surface area contributed by atoms with Crippen molar-refractivity contribution in [1.82, 2.24) is 9.97 Å². The van der Waals surface area contributed by atoms with E-state index in [0.29, 0.717) is 12.8 Å². The molecule has 0 aliphatic carbocycles. The number of carbonyl (C=O) groups excluding carboxylic acids is 1. The summed E-state index contributed by atoms with van der Waals surface area (Å²) >= 11 is 0. The minimum Gasteiger partial charge on any atom is -0.469 e. The molecule has 5 heteroatoms. The van der Waals surface area contributed by atoms with Gasteiger partial charge in [-0.15, -0.1) is 0 Å². The molecule has 2 rings (SSSR count). The highest BCUT2D eigenvalue weighted by Crippen LogP contribution is 2.24. The number of esters is 1. The summed E-state index contributed by atoms with van der Waals surface area (Å²) in [7, 11) is 1.38.